The highest BCUT2D eigenvalue weighted by atomic mass is 19.1. The fraction of sp³-hybridized carbons (Fsp3) is 0.233. The molecule has 1 aromatic heterocycles. The summed E-state index contributed by atoms with van der Waals surface area (Å²) in [5, 5.41) is 10.7. The van der Waals surface area contributed by atoms with Crippen molar-refractivity contribution in [3.63, 3.8) is 0 Å². The highest BCUT2D eigenvalue weighted by Gasteiger charge is 2.16. The number of aromatic nitrogens is 1. The molecule has 0 aliphatic carbocycles. The molecular formula is C30H34FN5O2. The van der Waals surface area contributed by atoms with E-state index in [0.29, 0.717) is 19.7 Å². The molecule has 0 bridgehead atoms. The lowest BCUT2D eigenvalue weighted by molar-refractivity contribution is -0.123. The molecule has 1 heterocycles. The van der Waals surface area contributed by atoms with Gasteiger partial charge in [0.1, 0.15) is 12.4 Å². The third-order valence-corrected chi connectivity index (χ3v) is 5.92. The standard InChI is InChI=1S/C30H34FN5O2/c1-4-25(21-13-16-35-17-14-21)29(23-9-12-27(32)26(20-23)30(31)33)22-7-10-24(11-8-22)38-19-18-34-15-5-6-28(37)36(2)3/h5-14,16-17,20,33-34H,4,15,18-19,32H2,1-3H3/b6-5+,29-25+,33-30?. The number of nitrogens with one attached hydrogen (secondary N) is 2. The van der Waals surface area contributed by atoms with Crippen LogP contribution in [0.2, 0.25) is 0 Å². The van der Waals surface area contributed by atoms with Crippen LogP contribution in [0.25, 0.3) is 11.1 Å². The van der Waals surface area contributed by atoms with E-state index < -0.39 is 5.97 Å². The Hall–Kier alpha value is -4.30. The number of pyridine rings is 1. The minimum atomic E-state index is -1.07. The van der Waals surface area contributed by atoms with E-state index in [1.54, 1.807) is 44.7 Å². The van der Waals surface area contributed by atoms with E-state index in [1.807, 2.05) is 42.5 Å². The van der Waals surface area contributed by atoms with Crippen molar-refractivity contribution in [3.8, 4) is 5.75 Å². The van der Waals surface area contributed by atoms with Gasteiger partial charge in [0.05, 0.1) is 5.56 Å². The molecule has 198 valence electrons. The molecule has 0 aliphatic heterocycles. The SMILES string of the molecule is CC/C(=C(/c1ccc(OCCNC/C=C/C(=O)N(C)C)cc1)c1ccc(N)c(C(=N)F)c1)c1ccncc1. The van der Waals surface area contributed by atoms with E-state index >= 15 is 0 Å². The third-order valence-electron chi connectivity index (χ3n) is 5.92. The van der Waals surface area contributed by atoms with Crippen molar-refractivity contribution in [2.24, 2.45) is 0 Å². The number of nitrogen functional groups attached to an aromatic ring is 1. The van der Waals surface area contributed by atoms with Gasteiger partial charge in [-0.25, -0.2) is 0 Å². The summed E-state index contributed by atoms with van der Waals surface area (Å²) < 4.78 is 19.8. The van der Waals surface area contributed by atoms with Crippen molar-refractivity contribution >= 4 is 28.7 Å². The highest BCUT2D eigenvalue weighted by Crippen LogP contribution is 2.36. The number of halogens is 1. The van der Waals surface area contributed by atoms with Gasteiger partial charge in [-0.3, -0.25) is 15.2 Å². The summed E-state index contributed by atoms with van der Waals surface area (Å²) in [5.74, 6) is -0.397. The molecule has 0 aliphatic rings. The number of rotatable bonds is 12. The van der Waals surface area contributed by atoms with E-state index in [4.69, 9.17) is 15.9 Å². The van der Waals surface area contributed by atoms with Crippen LogP contribution < -0.4 is 15.8 Å². The number of allylic oxidation sites excluding steroid dienone is 1. The number of benzene rings is 2. The van der Waals surface area contributed by atoms with Gasteiger partial charge in [0, 0.05) is 51.3 Å². The first kappa shape index (κ1) is 28.3. The molecule has 7 nitrogen and oxygen atoms in total. The van der Waals surface area contributed by atoms with Gasteiger partial charge >= 0.3 is 0 Å². The van der Waals surface area contributed by atoms with Crippen LogP contribution in [0.3, 0.4) is 0 Å². The summed E-state index contributed by atoms with van der Waals surface area (Å²) in [7, 11) is 3.42. The molecule has 0 saturated carbocycles. The highest BCUT2D eigenvalue weighted by molar-refractivity contribution is 6.02. The first-order chi connectivity index (χ1) is 18.3. The Balaban J connectivity index is 1.81. The van der Waals surface area contributed by atoms with Gasteiger partial charge in [-0.05, 0) is 70.7 Å². The molecule has 4 N–H and O–H groups in total. The van der Waals surface area contributed by atoms with Crippen LogP contribution in [0.5, 0.6) is 5.75 Å². The van der Waals surface area contributed by atoms with Crippen LogP contribution in [0, 0.1) is 5.41 Å². The minimum Gasteiger partial charge on any atom is -0.492 e. The summed E-state index contributed by atoms with van der Waals surface area (Å²) in [5.41, 5.74) is 10.9. The molecule has 2 aromatic carbocycles. The molecule has 8 heteroatoms. The number of likely N-dealkylation sites (N-methyl/N-ethyl adjacent to an activating group) is 1. The molecule has 3 rings (SSSR count). The molecule has 0 atom stereocenters. The molecular weight excluding hydrogens is 481 g/mol. The summed E-state index contributed by atoms with van der Waals surface area (Å²) in [6.45, 7) is 3.74. The molecule has 0 saturated heterocycles. The van der Waals surface area contributed by atoms with Crippen LogP contribution >= 0.6 is 0 Å². The molecule has 0 spiro atoms. The summed E-state index contributed by atoms with van der Waals surface area (Å²) in [6, 6.07) is 16.8. The number of amides is 1. The molecule has 0 radical (unpaired) electrons. The lowest BCUT2D eigenvalue weighted by atomic mass is 9.87. The first-order valence-electron chi connectivity index (χ1n) is 12.4. The van der Waals surface area contributed by atoms with E-state index in [0.717, 1.165) is 40.0 Å². The second-order valence-electron chi connectivity index (χ2n) is 8.77. The van der Waals surface area contributed by atoms with Crippen molar-refractivity contribution in [3.05, 3.63) is 101 Å². The van der Waals surface area contributed by atoms with Crippen LogP contribution in [0.4, 0.5) is 10.1 Å². The van der Waals surface area contributed by atoms with Crippen molar-refractivity contribution in [1.29, 1.82) is 5.41 Å². The second-order valence-corrected chi connectivity index (χ2v) is 8.77. The maximum Gasteiger partial charge on any atom is 0.245 e. The Kier molecular flexibility index (Phi) is 10.3. The second kappa shape index (κ2) is 13.9. The molecule has 3 aromatic rings. The monoisotopic (exact) mass is 515 g/mol. The Labute approximate surface area is 223 Å². The number of nitrogens with zero attached hydrogens (tertiary/aromatic N) is 2. The lowest BCUT2D eigenvalue weighted by Gasteiger charge is -2.18. The van der Waals surface area contributed by atoms with Crippen molar-refractivity contribution in [2.75, 3.05) is 39.5 Å². The van der Waals surface area contributed by atoms with Gasteiger partial charge < -0.3 is 20.7 Å². The van der Waals surface area contributed by atoms with Gasteiger partial charge in [0.15, 0.2) is 0 Å². The van der Waals surface area contributed by atoms with Crippen molar-refractivity contribution < 1.29 is 13.9 Å². The number of hydrogen-bond acceptors (Lipinski definition) is 6. The lowest BCUT2D eigenvalue weighted by Crippen LogP contribution is -2.22. The quantitative estimate of drug-likeness (QED) is 0.137. The fourth-order valence-electron chi connectivity index (χ4n) is 3.95. The zero-order valence-electron chi connectivity index (χ0n) is 22.0. The van der Waals surface area contributed by atoms with E-state index in [-0.39, 0.29) is 17.2 Å². The van der Waals surface area contributed by atoms with Gasteiger partial charge in [-0.1, -0.05) is 31.2 Å². The maximum atomic E-state index is 13.9. The van der Waals surface area contributed by atoms with Gasteiger partial charge in [0.25, 0.3) is 0 Å². The average molecular weight is 516 g/mol. The minimum absolute atomic E-state index is 0.0510. The Bertz CT molecular complexity index is 1300. The number of anilines is 1. The molecule has 38 heavy (non-hydrogen) atoms. The predicted molar refractivity (Wildman–Crippen MR) is 152 cm³/mol. The number of ether oxygens (including phenoxy) is 1. The largest absolute Gasteiger partial charge is 0.492 e. The Morgan fingerprint density at radius 3 is 2.39 bits per heavy atom. The predicted octanol–water partition coefficient (Wildman–Crippen LogP) is 4.94. The van der Waals surface area contributed by atoms with Gasteiger partial charge in [-0.15, -0.1) is 0 Å². The number of carbonyl (C=O) groups excluding carboxylic acids is 1. The first-order valence-corrected chi connectivity index (χ1v) is 12.4. The van der Waals surface area contributed by atoms with Crippen LogP contribution in [-0.2, 0) is 4.79 Å². The zero-order chi connectivity index (χ0) is 27.5. The smallest absolute Gasteiger partial charge is 0.245 e. The zero-order valence-corrected chi connectivity index (χ0v) is 22.0. The van der Waals surface area contributed by atoms with E-state index in [1.165, 1.54) is 11.0 Å². The third kappa shape index (κ3) is 7.60. The molecule has 0 fully saturated rings. The molecule has 1 amide bonds. The Morgan fingerprint density at radius 2 is 1.76 bits per heavy atom. The maximum absolute atomic E-state index is 13.9. The normalized spacial score (nSPS) is 11.8. The topological polar surface area (TPSA) is 104 Å². The van der Waals surface area contributed by atoms with Gasteiger partial charge in [-0.2, -0.15) is 4.39 Å². The number of carbonyl (C=O) groups is 1. The average Bonchev–Trinajstić information content (AvgIpc) is 2.92. The van der Waals surface area contributed by atoms with Crippen molar-refractivity contribution in [2.45, 2.75) is 13.3 Å². The van der Waals surface area contributed by atoms with Crippen LogP contribution in [0.1, 0.15) is 35.6 Å². The summed E-state index contributed by atoms with van der Waals surface area (Å²) >= 11 is 0. The van der Waals surface area contributed by atoms with Crippen molar-refractivity contribution in [1.82, 2.24) is 15.2 Å². The van der Waals surface area contributed by atoms with Gasteiger partial charge in [0.2, 0.25) is 11.9 Å². The number of nitrogens with two attached hydrogens (primary N) is 1. The summed E-state index contributed by atoms with van der Waals surface area (Å²) in [6.07, 6.45) is 7.54. The summed E-state index contributed by atoms with van der Waals surface area (Å²) in [4.78, 5) is 17.2. The number of hydrogen-bond donors (Lipinski definition) is 3. The Morgan fingerprint density at radius 1 is 1.08 bits per heavy atom. The van der Waals surface area contributed by atoms with Crippen LogP contribution in [0.15, 0.2) is 79.1 Å². The molecule has 0 unspecified atom stereocenters. The van der Waals surface area contributed by atoms with E-state index in [9.17, 15) is 9.18 Å². The van der Waals surface area contributed by atoms with E-state index in [2.05, 4.69) is 17.2 Å². The fourth-order valence-corrected chi connectivity index (χ4v) is 3.95. The van der Waals surface area contributed by atoms with Crippen LogP contribution in [-0.4, -0.2) is 55.5 Å².